The summed E-state index contributed by atoms with van der Waals surface area (Å²) < 4.78 is 1.11. The summed E-state index contributed by atoms with van der Waals surface area (Å²) in [7, 11) is 0. The zero-order valence-corrected chi connectivity index (χ0v) is 14.5. The summed E-state index contributed by atoms with van der Waals surface area (Å²) >= 11 is 3.54. The summed E-state index contributed by atoms with van der Waals surface area (Å²) in [4.78, 5) is 3.28. The molecule has 1 atom stereocenters. The Kier molecular flexibility index (Phi) is 7.82. The van der Waals surface area contributed by atoms with Crippen LogP contribution in [0.2, 0.25) is 0 Å². The molecule has 0 bridgehead atoms. The van der Waals surface area contributed by atoms with Crippen LogP contribution in [-0.4, -0.2) is 4.98 Å². The normalized spacial score (nSPS) is 14.5. The van der Waals surface area contributed by atoms with E-state index in [9.17, 15) is 0 Å². The monoisotopic (exact) mass is 327 g/mol. The molecule has 0 saturated heterocycles. The Morgan fingerprint density at radius 1 is 1.00 bits per heavy atom. The van der Waals surface area contributed by atoms with Gasteiger partial charge < -0.3 is 4.98 Å². The Morgan fingerprint density at radius 2 is 1.58 bits per heavy atom. The van der Waals surface area contributed by atoms with E-state index in [4.69, 9.17) is 0 Å². The third kappa shape index (κ3) is 5.72. The summed E-state index contributed by atoms with van der Waals surface area (Å²) in [5, 5.41) is 0. The fourth-order valence-corrected chi connectivity index (χ4v) is 3.20. The van der Waals surface area contributed by atoms with E-state index in [1.165, 1.54) is 63.4 Å². The minimum atomic E-state index is 0.353. The van der Waals surface area contributed by atoms with E-state index in [0.29, 0.717) is 5.41 Å². The van der Waals surface area contributed by atoms with E-state index < -0.39 is 0 Å². The molecule has 1 aromatic heterocycles. The third-order valence-corrected chi connectivity index (χ3v) is 4.72. The van der Waals surface area contributed by atoms with Gasteiger partial charge in [-0.15, -0.1) is 0 Å². The predicted molar refractivity (Wildman–Crippen MR) is 88.7 cm³/mol. The molecule has 1 heterocycles. The van der Waals surface area contributed by atoms with Gasteiger partial charge in [-0.1, -0.05) is 65.7 Å². The van der Waals surface area contributed by atoms with Crippen LogP contribution in [0.4, 0.5) is 0 Å². The number of hydrogen-bond donors (Lipinski definition) is 1. The Balaban J connectivity index is 2.60. The van der Waals surface area contributed by atoms with E-state index in [2.05, 4.69) is 53.9 Å². The Bertz CT molecular complexity index is 345. The van der Waals surface area contributed by atoms with Gasteiger partial charge in [-0.25, -0.2) is 0 Å². The quantitative estimate of drug-likeness (QED) is 0.467. The molecule has 1 aromatic rings. The molecule has 1 nitrogen and oxygen atoms in total. The fourth-order valence-electron chi connectivity index (χ4n) is 2.84. The Labute approximate surface area is 127 Å². The highest BCUT2D eigenvalue weighted by molar-refractivity contribution is 9.10. The standard InChI is InChI=1S/C17H30BrN/c1-4-6-8-10-12-17(3,11-9-7-5-2)15-13-16(18)19-14-15/h13-14,19H,4-12H2,1-3H3. The maximum Gasteiger partial charge on any atom is 0.0823 e. The Hall–Kier alpha value is -0.240. The van der Waals surface area contributed by atoms with Crippen LogP contribution in [0.3, 0.4) is 0 Å². The van der Waals surface area contributed by atoms with Gasteiger partial charge in [0.2, 0.25) is 0 Å². The molecule has 0 amide bonds. The van der Waals surface area contributed by atoms with Crippen LogP contribution in [0.15, 0.2) is 16.9 Å². The number of aromatic amines is 1. The number of rotatable bonds is 10. The van der Waals surface area contributed by atoms with Crippen molar-refractivity contribution in [1.29, 1.82) is 0 Å². The minimum absolute atomic E-state index is 0.353. The molecule has 110 valence electrons. The van der Waals surface area contributed by atoms with Gasteiger partial charge in [0.1, 0.15) is 0 Å². The fraction of sp³-hybridized carbons (Fsp3) is 0.765. The average Bonchev–Trinajstić information content (AvgIpc) is 2.82. The topological polar surface area (TPSA) is 15.8 Å². The minimum Gasteiger partial charge on any atom is -0.356 e. The van der Waals surface area contributed by atoms with Crippen molar-refractivity contribution < 1.29 is 0 Å². The summed E-state index contributed by atoms with van der Waals surface area (Å²) in [6.45, 7) is 7.01. The molecule has 0 radical (unpaired) electrons. The highest BCUT2D eigenvalue weighted by Crippen LogP contribution is 2.36. The molecule has 1 N–H and O–H groups in total. The zero-order valence-electron chi connectivity index (χ0n) is 12.9. The molecule has 0 aromatic carbocycles. The number of nitrogens with one attached hydrogen (secondary N) is 1. The molecule has 0 spiro atoms. The summed E-state index contributed by atoms with van der Waals surface area (Å²) in [6.07, 6.45) is 14.3. The summed E-state index contributed by atoms with van der Waals surface area (Å²) in [5.41, 5.74) is 1.83. The average molecular weight is 328 g/mol. The number of H-pyrrole nitrogens is 1. The van der Waals surface area contributed by atoms with Gasteiger partial charge in [0.15, 0.2) is 0 Å². The van der Waals surface area contributed by atoms with E-state index in [1.807, 2.05) is 0 Å². The van der Waals surface area contributed by atoms with Crippen molar-refractivity contribution in [2.75, 3.05) is 0 Å². The second-order valence-electron chi connectivity index (χ2n) is 6.06. The molecular formula is C17H30BrN. The van der Waals surface area contributed by atoms with Gasteiger partial charge in [0, 0.05) is 6.20 Å². The molecule has 0 fully saturated rings. The lowest BCUT2D eigenvalue weighted by Crippen LogP contribution is -2.21. The molecule has 2 heteroatoms. The molecule has 19 heavy (non-hydrogen) atoms. The van der Waals surface area contributed by atoms with E-state index in [0.717, 1.165) is 4.60 Å². The first-order valence-electron chi connectivity index (χ1n) is 7.97. The molecule has 1 rings (SSSR count). The lowest BCUT2D eigenvalue weighted by atomic mass is 9.75. The van der Waals surface area contributed by atoms with Crippen LogP contribution in [0.1, 0.15) is 84.1 Å². The van der Waals surface area contributed by atoms with Crippen molar-refractivity contribution in [2.45, 2.75) is 84.0 Å². The summed E-state index contributed by atoms with van der Waals surface area (Å²) in [6, 6.07) is 2.27. The van der Waals surface area contributed by atoms with Crippen molar-refractivity contribution in [3.05, 3.63) is 22.4 Å². The number of unbranched alkanes of at least 4 members (excludes halogenated alkanes) is 5. The lowest BCUT2D eigenvalue weighted by molar-refractivity contribution is 0.366. The lowest BCUT2D eigenvalue weighted by Gasteiger charge is -2.29. The van der Waals surface area contributed by atoms with Gasteiger partial charge in [-0.3, -0.25) is 0 Å². The van der Waals surface area contributed by atoms with Crippen LogP contribution >= 0.6 is 15.9 Å². The van der Waals surface area contributed by atoms with Crippen LogP contribution in [0.5, 0.6) is 0 Å². The van der Waals surface area contributed by atoms with Gasteiger partial charge in [-0.05, 0) is 45.8 Å². The summed E-state index contributed by atoms with van der Waals surface area (Å²) in [5.74, 6) is 0. The molecule has 0 aliphatic rings. The van der Waals surface area contributed by atoms with E-state index >= 15 is 0 Å². The van der Waals surface area contributed by atoms with Crippen LogP contribution in [-0.2, 0) is 5.41 Å². The first-order chi connectivity index (χ1) is 9.12. The van der Waals surface area contributed by atoms with Crippen molar-refractivity contribution in [3.63, 3.8) is 0 Å². The van der Waals surface area contributed by atoms with Gasteiger partial charge in [0.05, 0.1) is 4.60 Å². The van der Waals surface area contributed by atoms with Crippen molar-refractivity contribution in [1.82, 2.24) is 4.98 Å². The Morgan fingerprint density at radius 3 is 2.11 bits per heavy atom. The smallest absolute Gasteiger partial charge is 0.0823 e. The van der Waals surface area contributed by atoms with E-state index in [-0.39, 0.29) is 0 Å². The molecular weight excluding hydrogens is 298 g/mol. The first-order valence-corrected chi connectivity index (χ1v) is 8.76. The first kappa shape index (κ1) is 16.8. The number of hydrogen-bond acceptors (Lipinski definition) is 0. The number of halogens is 1. The van der Waals surface area contributed by atoms with Crippen molar-refractivity contribution in [2.24, 2.45) is 0 Å². The number of aromatic nitrogens is 1. The van der Waals surface area contributed by atoms with Crippen LogP contribution in [0.25, 0.3) is 0 Å². The van der Waals surface area contributed by atoms with Crippen LogP contribution in [0, 0.1) is 0 Å². The van der Waals surface area contributed by atoms with Crippen LogP contribution < -0.4 is 0 Å². The highest BCUT2D eigenvalue weighted by Gasteiger charge is 2.26. The highest BCUT2D eigenvalue weighted by atomic mass is 79.9. The van der Waals surface area contributed by atoms with Gasteiger partial charge in [0.25, 0.3) is 0 Å². The molecule has 0 saturated carbocycles. The molecule has 0 aliphatic carbocycles. The molecule has 1 unspecified atom stereocenters. The zero-order chi connectivity index (χ0) is 14.1. The SMILES string of the molecule is CCCCCCC(C)(CCCCC)c1c[nH]c(Br)c1. The molecule has 0 aliphatic heterocycles. The van der Waals surface area contributed by atoms with Gasteiger partial charge in [-0.2, -0.15) is 0 Å². The van der Waals surface area contributed by atoms with Crippen molar-refractivity contribution in [3.8, 4) is 0 Å². The van der Waals surface area contributed by atoms with E-state index in [1.54, 1.807) is 0 Å². The second kappa shape index (κ2) is 8.84. The van der Waals surface area contributed by atoms with Gasteiger partial charge >= 0.3 is 0 Å². The maximum absolute atomic E-state index is 3.54. The van der Waals surface area contributed by atoms with Crippen molar-refractivity contribution >= 4 is 15.9 Å². The predicted octanol–water partition coefficient (Wildman–Crippen LogP) is 6.59. The third-order valence-electron chi connectivity index (χ3n) is 4.26. The maximum atomic E-state index is 3.54. The second-order valence-corrected chi connectivity index (χ2v) is 6.92. The largest absolute Gasteiger partial charge is 0.356 e.